The molecule has 1 amide bonds. The van der Waals surface area contributed by atoms with Crippen molar-refractivity contribution in [2.24, 2.45) is 0 Å². The lowest BCUT2D eigenvalue weighted by Gasteiger charge is -2.28. The van der Waals surface area contributed by atoms with Crippen LogP contribution in [0.5, 0.6) is 0 Å². The Hall–Kier alpha value is -0.840. The molecule has 0 saturated carbocycles. The highest BCUT2D eigenvalue weighted by atomic mass is 32.2. The summed E-state index contributed by atoms with van der Waals surface area (Å²) in [5.74, 6) is -0.112. The number of piperidine rings is 1. The van der Waals surface area contributed by atoms with Crippen molar-refractivity contribution in [3.63, 3.8) is 0 Å². The van der Waals surface area contributed by atoms with E-state index in [-0.39, 0.29) is 11.2 Å². The van der Waals surface area contributed by atoms with Gasteiger partial charge in [-0.3, -0.25) is 4.79 Å². The molecule has 4 nitrogen and oxygen atoms in total. The maximum Gasteiger partial charge on any atom is 0.245 e. The average molecular weight is 203 g/mol. The lowest BCUT2D eigenvalue weighted by molar-refractivity contribution is -0.126. The minimum absolute atomic E-state index is 0.112. The number of rotatable bonds is 2. The summed E-state index contributed by atoms with van der Waals surface area (Å²) < 4.78 is 21.2. The molecule has 0 atom stereocenters. The lowest BCUT2D eigenvalue weighted by Crippen LogP contribution is -2.39. The molecule has 5 heteroatoms. The van der Waals surface area contributed by atoms with Crippen molar-refractivity contribution < 1.29 is 13.2 Å². The van der Waals surface area contributed by atoms with Gasteiger partial charge in [-0.25, -0.2) is 8.42 Å². The second-order valence-corrected chi connectivity index (χ2v) is 4.35. The third-order valence-corrected chi connectivity index (χ3v) is 3.36. The molecule has 13 heavy (non-hydrogen) atoms. The highest BCUT2D eigenvalue weighted by Crippen LogP contribution is 2.12. The molecule has 0 N–H and O–H groups in total. The minimum Gasteiger partial charge on any atom is -0.339 e. The molecule has 1 fully saturated rings. The van der Waals surface area contributed by atoms with Gasteiger partial charge in [0, 0.05) is 13.1 Å². The predicted octanol–water partition coefficient (Wildman–Crippen LogP) is -0.225. The Morgan fingerprint density at radius 1 is 1.38 bits per heavy atom. The number of nitrogens with zero attached hydrogens (tertiary/aromatic N) is 1. The Morgan fingerprint density at radius 3 is 2.31 bits per heavy atom. The van der Waals surface area contributed by atoms with Crippen molar-refractivity contribution in [3.05, 3.63) is 12.7 Å². The van der Waals surface area contributed by atoms with E-state index < -0.39 is 10.7 Å². The van der Waals surface area contributed by atoms with Gasteiger partial charge >= 0.3 is 0 Å². The van der Waals surface area contributed by atoms with Crippen LogP contribution in [0, 0.1) is 0 Å². The van der Waals surface area contributed by atoms with Gasteiger partial charge in [-0.1, -0.05) is 6.58 Å². The Morgan fingerprint density at radius 2 is 1.92 bits per heavy atom. The van der Waals surface area contributed by atoms with E-state index in [1.165, 1.54) is 6.08 Å². The van der Waals surface area contributed by atoms with Crippen LogP contribution in [0.3, 0.4) is 0 Å². The third-order valence-electron chi connectivity index (χ3n) is 2.25. The Bertz CT molecular complexity index is 269. The molecule has 1 heterocycles. The first kappa shape index (κ1) is 10.2. The van der Waals surface area contributed by atoms with Gasteiger partial charge in [0.25, 0.3) is 0 Å². The summed E-state index contributed by atoms with van der Waals surface area (Å²) >= 11 is 0. The highest BCUT2D eigenvalue weighted by Gasteiger charge is 2.22. The second-order valence-electron chi connectivity index (χ2n) is 3.05. The van der Waals surface area contributed by atoms with Crippen LogP contribution in [0.2, 0.25) is 0 Å². The summed E-state index contributed by atoms with van der Waals surface area (Å²) in [6.45, 7) is 4.43. The fourth-order valence-electron chi connectivity index (χ4n) is 1.43. The van der Waals surface area contributed by atoms with Gasteiger partial charge in [0.05, 0.1) is 5.25 Å². The van der Waals surface area contributed by atoms with E-state index in [0.29, 0.717) is 25.9 Å². The normalized spacial score (nSPS) is 19.0. The Labute approximate surface area is 79.2 Å². The molecule has 1 aliphatic heterocycles. The minimum atomic E-state index is -2.33. The first-order valence-electron chi connectivity index (χ1n) is 4.20. The zero-order chi connectivity index (χ0) is 9.84. The molecule has 0 aromatic heterocycles. The molecule has 74 valence electrons. The van der Waals surface area contributed by atoms with Gasteiger partial charge in [-0.15, -0.1) is 0 Å². The number of carbonyl (C=O) groups excluding carboxylic acids is 1. The van der Waals surface area contributed by atoms with E-state index in [9.17, 15) is 13.2 Å². The fraction of sp³-hybridized carbons (Fsp3) is 0.625. The summed E-state index contributed by atoms with van der Waals surface area (Å²) in [5, 5.41) is -0.246. The molecule has 1 aliphatic rings. The van der Waals surface area contributed by atoms with E-state index >= 15 is 0 Å². The van der Waals surface area contributed by atoms with E-state index in [1.54, 1.807) is 4.90 Å². The van der Waals surface area contributed by atoms with Crippen molar-refractivity contribution in [2.75, 3.05) is 13.1 Å². The lowest BCUT2D eigenvalue weighted by atomic mass is 10.1. The standard InChI is InChI=1S/C8H13NO3S/c1-2-8(10)9-5-3-7(4-6-9)13(11)12/h2,7,13H,1,3-6H2. The summed E-state index contributed by atoms with van der Waals surface area (Å²) in [7, 11) is -2.33. The largest absolute Gasteiger partial charge is 0.339 e. The Balaban J connectivity index is 2.47. The first-order chi connectivity index (χ1) is 6.15. The maximum atomic E-state index is 11.1. The highest BCUT2D eigenvalue weighted by molar-refractivity contribution is 7.73. The fourth-order valence-corrected chi connectivity index (χ4v) is 2.08. The van der Waals surface area contributed by atoms with Crippen LogP contribution in [-0.4, -0.2) is 37.6 Å². The molecule has 0 unspecified atom stereocenters. The smallest absolute Gasteiger partial charge is 0.245 e. The summed E-state index contributed by atoms with van der Waals surface area (Å²) in [5.41, 5.74) is 0. The SMILES string of the molecule is C=CC(=O)N1CCC([SH](=O)=O)CC1. The first-order valence-corrected chi connectivity index (χ1v) is 5.44. The predicted molar refractivity (Wildman–Crippen MR) is 50.1 cm³/mol. The quantitative estimate of drug-likeness (QED) is 0.498. The molecule has 0 bridgehead atoms. The number of hydrogen-bond acceptors (Lipinski definition) is 3. The van der Waals surface area contributed by atoms with Gasteiger partial charge in [-0.2, -0.15) is 0 Å². The zero-order valence-corrected chi connectivity index (χ0v) is 8.20. The van der Waals surface area contributed by atoms with Crippen LogP contribution in [0.15, 0.2) is 12.7 Å². The van der Waals surface area contributed by atoms with Crippen LogP contribution in [-0.2, 0) is 15.5 Å². The molecular weight excluding hydrogens is 190 g/mol. The van der Waals surface area contributed by atoms with Gasteiger partial charge in [-0.05, 0) is 18.9 Å². The molecule has 1 saturated heterocycles. The molecule has 1 rings (SSSR count). The summed E-state index contributed by atoms with van der Waals surface area (Å²) in [4.78, 5) is 12.7. The van der Waals surface area contributed by atoms with Crippen LogP contribution < -0.4 is 0 Å². The molecule has 0 aromatic carbocycles. The maximum absolute atomic E-state index is 11.1. The average Bonchev–Trinajstić information content (AvgIpc) is 2.17. The topological polar surface area (TPSA) is 54.5 Å². The van der Waals surface area contributed by atoms with Crippen LogP contribution in [0.25, 0.3) is 0 Å². The number of thiol groups is 1. The van der Waals surface area contributed by atoms with Crippen molar-refractivity contribution in [1.29, 1.82) is 0 Å². The van der Waals surface area contributed by atoms with Crippen molar-refractivity contribution in [3.8, 4) is 0 Å². The van der Waals surface area contributed by atoms with Crippen molar-refractivity contribution in [2.45, 2.75) is 18.1 Å². The molecular formula is C8H13NO3S. The molecule has 0 spiro atoms. The van der Waals surface area contributed by atoms with Crippen LogP contribution >= 0.6 is 0 Å². The number of likely N-dealkylation sites (tertiary alicyclic amines) is 1. The van der Waals surface area contributed by atoms with Gasteiger partial charge in [0.1, 0.15) is 10.7 Å². The van der Waals surface area contributed by atoms with Gasteiger partial charge in [0.2, 0.25) is 5.91 Å². The molecule has 0 aromatic rings. The van der Waals surface area contributed by atoms with Crippen molar-refractivity contribution >= 4 is 16.6 Å². The number of carbonyl (C=O) groups is 1. The summed E-state index contributed by atoms with van der Waals surface area (Å²) in [6.07, 6.45) is 2.37. The third kappa shape index (κ3) is 2.55. The second kappa shape index (κ2) is 4.41. The van der Waals surface area contributed by atoms with E-state index in [2.05, 4.69) is 6.58 Å². The van der Waals surface area contributed by atoms with Crippen molar-refractivity contribution in [1.82, 2.24) is 4.90 Å². The zero-order valence-electron chi connectivity index (χ0n) is 7.31. The Kier molecular flexibility index (Phi) is 3.48. The number of hydrogen-bond donors (Lipinski definition) is 1. The van der Waals surface area contributed by atoms with Crippen LogP contribution in [0.4, 0.5) is 0 Å². The summed E-state index contributed by atoms with van der Waals surface area (Å²) in [6, 6.07) is 0. The van der Waals surface area contributed by atoms with E-state index in [1.807, 2.05) is 0 Å². The molecule has 0 aliphatic carbocycles. The van der Waals surface area contributed by atoms with Gasteiger partial charge in [0.15, 0.2) is 0 Å². The number of amides is 1. The van der Waals surface area contributed by atoms with Crippen LogP contribution in [0.1, 0.15) is 12.8 Å². The monoisotopic (exact) mass is 203 g/mol. The van der Waals surface area contributed by atoms with E-state index in [4.69, 9.17) is 0 Å². The molecule has 0 radical (unpaired) electrons. The van der Waals surface area contributed by atoms with E-state index in [0.717, 1.165) is 0 Å². The van der Waals surface area contributed by atoms with Gasteiger partial charge < -0.3 is 4.90 Å².